The van der Waals surface area contributed by atoms with Crippen molar-refractivity contribution in [3.8, 4) is 18.1 Å². The average molecular weight is 204 g/mol. The third-order valence-electron chi connectivity index (χ3n) is 2.27. The summed E-state index contributed by atoms with van der Waals surface area (Å²) >= 11 is 0. The van der Waals surface area contributed by atoms with Crippen LogP contribution in [0.2, 0.25) is 0 Å². The predicted molar refractivity (Wildman–Crippen MR) is 62.8 cm³/mol. The molecule has 0 aliphatic heterocycles. The highest BCUT2D eigenvalue weighted by atomic mass is 16.3. The summed E-state index contributed by atoms with van der Waals surface area (Å²) < 4.78 is 0. The molecule has 3 N–H and O–H groups in total. The SMILES string of the molecule is C#CCN(C)c1ccc(C(C)N)c(O)c1. The van der Waals surface area contributed by atoms with Crippen molar-refractivity contribution in [2.75, 3.05) is 18.5 Å². The van der Waals surface area contributed by atoms with Gasteiger partial charge in [0.05, 0.1) is 6.54 Å². The lowest BCUT2D eigenvalue weighted by Crippen LogP contribution is -2.17. The Morgan fingerprint density at radius 2 is 2.27 bits per heavy atom. The Hall–Kier alpha value is -1.66. The monoisotopic (exact) mass is 204 g/mol. The van der Waals surface area contributed by atoms with Gasteiger partial charge in [-0.3, -0.25) is 0 Å². The van der Waals surface area contributed by atoms with Crippen molar-refractivity contribution in [2.45, 2.75) is 13.0 Å². The summed E-state index contributed by atoms with van der Waals surface area (Å²) in [7, 11) is 1.88. The fourth-order valence-electron chi connectivity index (χ4n) is 1.38. The van der Waals surface area contributed by atoms with Crippen LogP contribution in [0.3, 0.4) is 0 Å². The average Bonchev–Trinajstić information content (AvgIpc) is 2.17. The summed E-state index contributed by atoms with van der Waals surface area (Å²) in [6.45, 7) is 2.34. The molecule has 1 rings (SSSR count). The van der Waals surface area contributed by atoms with Gasteiger partial charge in [-0.2, -0.15) is 0 Å². The van der Waals surface area contributed by atoms with Gasteiger partial charge in [-0.05, 0) is 13.0 Å². The summed E-state index contributed by atoms with van der Waals surface area (Å²) in [5, 5.41) is 9.72. The van der Waals surface area contributed by atoms with Crippen molar-refractivity contribution >= 4 is 5.69 Å². The van der Waals surface area contributed by atoms with Crippen LogP contribution in [0.25, 0.3) is 0 Å². The summed E-state index contributed by atoms with van der Waals surface area (Å²) in [6.07, 6.45) is 5.21. The maximum absolute atomic E-state index is 9.72. The van der Waals surface area contributed by atoms with E-state index in [2.05, 4.69) is 5.92 Å². The van der Waals surface area contributed by atoms with Gasteiger partial charge in [0.25, 0.3) is 0 Å². The number of nitrogens with two attached hydrogens (primary N) is 1. The first kappa shape index (κ1) is 11.4. The largest absolute Gasteiger partial charge is 0.508 e. The summed E-state index contributed by atoms with van der Waals surface area (Å²) in [5.74, 6) is 2.76. The lowest BCUT2D eigenvalue weighted by atomic mass is 10.1. The highest BCUT2D eigenvalue weighted by Gasteiger charge is 2.08. The minimum atomic E-state index is -0.169. The zero-order valence-corrected chi connectivity index (χ0v) is 9.07. The Bertz CT molecular complexity index is 380. The molecule has 0 saturated carbocycles. The Balaban J connectivity index is 2.97. The van der Waals surface area contributed by atoms with E-state index in [1.165, 1.54) is 0 Å². The van der Waals surface area contributed by atoms with Crippen molar-refractivity contribution in [3.63, 3.8) is 0 Å². The lowest BCUT2D eigenvalue weighted by molar-refractivity contribution is 0.464. The number of phenolic OH excluding ortho intramolecular Hbond substituents is 1. The molecule has 0 aliphatic carbocycles. The molecule has 0 heterocycles. The van der Waals surface area contributed by atoms with Gasteiger partial charge in [-0.1, -0.05) is 12.0 Å². The standard InChI is InChI=1S/C12H16N2O/c1-4-7-14(3)10-5-6-11(9(2)13)12(15)8-10/h1,5-6,8-9,15H,7,13H2,2-3H3. The molecule has 0 aliphatic rings. The molecule has 0 aromatic heterocycles. The second kappa shape index (κ2) is 4.72. The van der Waals surface area contributed by atoms with E-state index in [1.54, 1.807) is 6.07 Å². The van der Waals surface area contributed by atoms with Gasteiger partial charge in [0, 0.05) is 30.4 Å². The molecule has 3 nitrogen and oxygen atoms in total. The second-order valence-corrected chi connectivity index (χ2v) is 3.59. The third-order valence-corrected chi connectivity index (χ3v) is 2.27. The molecule has 0 radical (unpaired) electrons. The number of nitrogens with zero attached hydrogens (tertiary/aromatic N) is 1. The lowest BCUT2D eigenvalue weighted by Gasteiger charge is -2.18. The molecule has 0 fully saturated rings. The van der Waals surface area contributed by atoms with Crippen molar-refractivity contribution in [1.82, 2.24) is 0 Å². The first-order chi connectivity index (χ1) is 7.06. The molecular formula is C12H16N2O. The van der Waals surface area contributed by atoms with Crippen LogP contribution in [-0.4, -0.2) is 18.7 Å². The van der Waals surface area contributed by atoms with Crippen LogP contribution in [0.15, 0.2) is 18.2 Å². The van der Waals surface area contributed by atoms with Crippen LogP contribution in [0, 0.1) is 12.3 Å². The van der Waals surface area contributed by atoms with Crippen molar-refractivity contribution in [2.24, 2.45) is 5.73 Å². The predicted octanol–water partition coefficient (Wildman–Crippen LogP) is 1.48. The molecular weight excluding hydrogens is 188 g/mol. The highest BCUT2D eigenvalue weighted by Crippen LogP contribution is 2.27. The summed E-state index contributed by atoms with van der Waals surface area (Å²) in [5.41, 5.74) is 7.32. The normalized spacial score (nSPS) is 11.9. The van der Waals surface area contributed by atoms with E-state index in [-0.39, 0.29) is 11.8 Å². The van der Waals surface area contributed by atoms with E-state index in [4.69, 9.17) is 12.2 Å². The van der Waals surface area contributed by atoms with Crippen molar-refractivity contribution in [3.05, 3.63) is 23.8 Å². The summed E-state index contributed by atoms with van der Waals surface area (Å²) in [6, 6.07) is 5.23. The molecule has 0 bridgehead atoms. The van der Waals surface area contributed by atoms with E-state index in [1.807, 2.05) is 31.0 Å². The van der Waals surface area contributed by atoms with Gasteiger partial charge in [-0.15, -0.1) is 6.42 Å². The minimum Gasteiger partial charge on any atom is -0.508 e. The van der Waals surface area contributed by atoms with E-state index in [0.717, 1.165) is 11.3 Å². The van der Waals surface area contributed by atoms with E-state index >= 15 is 0 Å². The number of hydrogen-bond donors (Lipinski definition) is 2. The Morgan fingerprint density at radius 1 is 1.60 bits per heavy atom. The fourth-order valence-corrected chi connectivity index (χ4v) is 1.38. The van der Waals surface area contributed by atoms with Gasteiger partial charge in [-0.25, -0.2) is 0 Å². The molecule has 1 aromatic carbocycles. The van der Waals surface area contributed by atoms with Gasteiger partial charge in [0.2, 0.25) is 0 Å². The number of terminal acetylenes is 1. The van der Waals surface area contributed by atoms with Gasteiger partial charge < -0.3 is 15.7 Å². The molecule has 15 heavy (non-hydrogen) atoms. The molecule has 0 amide bonds. The van der Waals surface area contributed by atoms with E-state index in [0.29, 0.717) is 6.54 Å². The van der Waals surface area contributed by atoms with Gasteiger partial charge in [0.1, 0.15) is 5.75 Å². The van der Waals surface area contributed by atoms with Crippen LogP contribution >= 0.6 is 0 Å². The highest BCUT2D eigenvalue weighted by molar-refractivity contribution is 5.54. The number of benzene rings is 1. The van der Waals surface area contributed by atoms with Crippen LogP contribution in [0.5, 0.6) is 5.75 Å². The molecule has 1 atom stereocenters. The fraction of sp³-hybridized carbons (Fsp3) is 0.333. The topological polar surface area (TPSA) is 49.5 Å². The quantitative estimate of drug-likeness (QED) is 0.733. The first-order valence-corrected chi connectivity index (χ1v) is 4.79. The van der Waals surface area contributed by atoms with Crippen LogP contribution in [-0.2, 0) is 0 Å². The Kier molecular flexibility index (Phi) is 3.59. The number of anilines is 1. The minimum absolute atomic E-state index is 0.169. The van der Waals surface area contributed by atoms with Crippen molar-refractivity contribution in [1.29, 1.82) is 0 Å². The zero-order valence-electron chi connectivity index (χ0n) is 9.07. The zero-order chi connectivity index (χ0) is 11.4. The maximum Gasteiger partial charge on any atom is 0.122 e. The molecule has 0 saturated heterocycles. The van der Waals surface area contributed by atoms with E-state index < -0.39 is 0 Å². The number of aromatic hydroxyl groups is 1. The smallest absolute Gasteiger partial charge is 0.122 e. The second-order valence-electron chi connectivity index (χ2n) is 3.59. The molecule has 0 spiro atoms. The number of rotatable bonds is 3. The third kappa shape index (κ3) is 2.64. The van der Waals surface area contributed by atoms with Crippen LogP contribution in [0.1, 0.15) is 18.5 Å². The maximum atomic E-state index is 9.72. The molecule has 3 heteroatoms. The first-order valence-electron chi connectivity index (χ1n) is 4.79. The van der Waals surface area contributed by atoms with Crippen LogP contribution < -0.4 is 10.6 Å². The Labute approximate surface area is 90.5 Å². The number of phenols is 1. The Morgan fingerprint density at radius 3 is 2.73 bits per heavy atom. The number of hydrogen-bond acceptors (Lipinski definition) is 3. The van der Waals surface area contributed by atoms with Gasteiger partial charge in [0.15, 0.2) is 0 Å². The molecule has 1 aromatic rings. The van der Waals surface area contributed by atoms with E-state index in [9.17, 15) is 5.11 Å². The van der Waals surface area contributed by atoms with Crippen LogP contribution in [0.4, 0.5) is 5.69 Å². The molecule has 80 valence electrons. The van der Waals surface area contributed by atoms with Crippen molar-refractivity contribution < 1.29 is 5.11 Å². The van der Waals surface area contributed by atoms with Gasteiger partial charge >= 0.3 is 0 Å². The summed E-state index contributed by atoms with van der Waals surface area (Å²) in [4.78, 5) is 1.88. The molecule has 1 unspecified atom stereocenters.